The van der Waals surface area contributed by atoms with E-state index in [1.807, 2.05) is 12.1 Å². The fourth-order valence-corrected chi connectivity index (χ4v) is 2.83. The van der Waals surface area contributed by atoms with Crippen molar-refractivity contribution >= 4 is 11.6 Å². The van der Waals surface area contributed by atoms with E-state index >= 15 is 0 Å². The summed E-state index contributed by atoms with van der Waals surface area (Å²) in [5, 5.41) is 14.4. The molecule has 6 nitrogen and oxygen atoms in total. The molecule has 1 fully saturated rings. The van der Waals surface area contributed by atoms with E-state index in [1.54, 1.807) is 18.2 Å². The van der Waals surface area contributed by atoms with Gasteiger partial charge in [0.15, 0.2) is 5.60 Å². The summed E-state index contributed by atoms with van der Waals surface area (Å²) >= 11 is 5.90. The van der Waals surface area contributed by atoms with Gasteiger partial charge in [-0.05, 0) is 18.2 Å². The van der Waals surface area contributed by atoms with Crippen LogP contribution in [0.15, 0.2) is 41.2 Å². The molecule has 1 aliphatic rings. The van der Waals surface area contributed by atoms with Crippen molar-refractivity contribution in [2.75, 3.05) is 19.8 Å². The maximum Gasteiger partial charge on any atom is 0.266 e. The topological polar surface area (TPSA) is 77.1 Å². The molecule has 130 valence electrons. The lowest BCUT2D eigenvalue weighted by Crippen LogP contribution is -2.39. The predicted molar refractivity (Wildman–Crippen MR) is 93.3 cm³/mol. The molecule has 0 amide bonds. The standard InChI is InChI=1S/C18H18ClN3O3/c19-15-3-1-14(2-4-15)16-5-6-17(23)22(21-16)9-12-25-18(13-20)7-10-24-11-8-18/h1-6H,7-12H2. The Balaban J connectivity index is 1.70. The van der Waals surface area contributed by atoms with Crippen molar-refractivity contribution in [1.29, 1.82) is 5.26 Å². The van der Waals surface area contributed by atoms with E-state index in [0.29, 0.717) is 36.8 Å². The highest BCUT2D eigenvalue weighted by atomic mass is 35.5. The fourth-order valence-electron chi connectivity index (χ4n) is 2.70. The van der Waals surface area contributed by atoms with E-state index in [0.717, 1.165) is 5.56 Å². The van der Waals surface area contributed by atoms with Crippen LogP contribution in [0.5, 0.6) is 0 Å². The van der Waals surface area contributed by atoms with Crippen molar-refractivity contribution in [3.63, 3.8) is 0 Å². The molecule has 0 radical (unpaired) electrons. The summed E-state index contributed by atoms with van der Waals surface area (Å²) in [6.07, 6.45) is 1.08. The highest BCUT2D eigenvalue weighted by Gasteiger charge is 2.33. The molecular weight excluding hydrogens is 342 g/mol. The highest BCUT2D eigenvalue weighted by Crippen LogP contribution is 2.24. The Hall–Kier alpha value is -2.20. The monoisotopic (exact) mass is 359 g/mol. The molecule has 1 aromatic heterocycles. The summed E-state index contributed by atoms with van der Waals surface area (Å²) in [6.45, 7) is 1.55. The maximum absolute atomic E-state index is 12.0. The molecule has 25 heavy (non-hydrogen) atoms. The van der Waals surface area contributed by atoms with E-state index in [1.165, 1.54) is 10.7 Å². The van der Waals surface area contributed by atoms with Crippen LogP contribution in [0.1, 0.15) is 12.8 Å². The van der Waals surface area contributed by atoms with Crippen LogP contribution in [0.4, 0.5) is 0 Å². The number of nitriles is 1. The van der Waals surface area contributed by atoms with Gasteiger partial charge in [-0.25, -0.2) is 4.68 Å². The average Bonchev–Trinajstić information content (AvgIpc) is 2.65. The number of hydrogen-bond acceptors (Lipinski definition) is 5. The largest absolute Gasteiger partial charge is 0.381 e. The minimum atomic E-state index is -0.824. The van der Waals surface area contributed by atoms with Gasteiger partial charge in [-0.15, -0.1) is 0 Å². The zero-order chi connectivity index (χ0) is 17.7. The van der Waals surface area contributed by atoms with Gasteiger partial charge >= 0.3 is 0 Å². The van der Waals surface area contributed by atoms with Gasteiger partial charge in [0.25, 0.3) is 5.56 Å². The SMILES string of the molecule is N#CC1(OCCn2nc(-c3ccc(Cl)cc3)ccc2=O)CCOCC1. The van der Waals surface area contributed by atoms with Gasteiger partial charge in [0.2, 0.25) is 0 Å². The van der Waals surface area contributed by atoms with Crippen molar-refractivity contribution in [2.45, 2.75) is 25.0 Å². The van der Waals surface area contributed by atoms with Gasteiger partial charge in [-0.3, -0.25) is 4.79 Å². The zero-order valence-electron chi connectivity index (χ0n) is 13.7. The lowest BCUT2D eigenvalue weighted by molar-refractivity contribution is -0.0783. The second kappa shape index (κ2) is 7.79. The van der Waals surface area contributed by atoms with Gasteiger partial charge in [0.05, 0.1) is 38.1 Å². The van der Waals surface area contributed by atoms with E-state index in [9.17, 15) is 10.1 Å². The molecule has 0 atom stereocenters. The van der Waals surface area contributed by atoms with Crippen LogP contribution in [-0.4, -0.2) is 35.2 Å². The summed E-state index contributed by atoms with van der Waals surface area (Å²) < 4.78 is 12.4. The number of benzene rings is 1. The first-order valence-electron chi connectivity index (χ1n) is 8.09. The van der Waals surface area contributed by atoms with Crippen LogP contribution < -0.4 is 5.56 Å². The number of rotatable bonds is 5. The minimum Gasteiger partial charge on any atom is -0.381 e. The summed E-state index contributed by atoms with van der Waals surface area (Å²) in [5.41, 5.74) is 0.518. The van der Waals surface area contributed by atoms with Crippen LogP contribution in [0.25, 0.3) is 11.3 Å². The van der Waals surface area contributed by atoms with Crippen molar-refractivity contribution in [3.8, 4) is 17.3 Å². The Morgan fingerprint density at radius 3 is 2.64 bits per heavy atom. The molecular formula is C18H18ClN3O3. The first-order valence-corrected chi connectivity index (χ1v) is 8.47. The number of halogens is 1. The molecule has 1 saturated heterocycles. The minimum absolute atomic E-state index is 0.209. The van der Waals surface area contributed by atoms with E-state index in [4.69, 9.17) is 21.1 Å². The normalized spacial score (nSPS) is 16.3. The molecule has 7 heteroatoms. The van der Waals surface area contributed by atoms with Gasteiger partial charge in [0.1, 0.15) is 0 Å². The smallest absolute Gasteiger partial charge is 0.266 e. The van der Waals surface area contributed by atoms with E-state index in [-0.39, 0.29) is 18.7 Å². The highest BCUT2D eigenvalue weighted by molar-refractivity contribution is 6.30. The molecule has 1 aromatic carbocycles. The van der Waals surface area contributed by atoms with Crippen LogP contribution >= 0.6 is 11.6 Å². The molecule has 0 unspecified atom stereocenters. The third kappa shape index (κ3) is 4.26. The molecule has 0 N–H and O–H groups in total. The van der Waals surface area contributed by atoms with Crippen molar-refractivity contribution in [3.05, 3.63) is 51.8 Å². The van der Waals surface area contributed by atoms with Crippen molar-refractivity contribution in [2.24, 2.45) is 0 Å². The lowest BCUT2D eigenvalue weighted by Gasteiger charge is -2.30. The number of aromatic nitrogens is 2. The van der Waals surface area contributed by atoms with E-state index < -0.39 is 5.60 Å². The molecule has 0 saturated carbocycles. The molecule has 0 bridgehead atoms. The Labute approximate surface area is 150 Å². The van der Waals surface area contributed by atoms with Gasteiger partial charge in [0, 0.05) is 29.5 Å². The Kier molecular flexibility index (Phi) is 5.49. The Bertz CT molecular complexity index is 821. The molecule has 2 heterocycles. The zero-order valence-corrected chi connectivity index (χ0v) is 14.4. The number of nitrogens with zero attached hydrogens (tertiary/aromatic N) is 3. The van der Waals surface area contributed by atoms with Gasteiger partial charge in [-0.2, -0.15) is 10.4 Å². The first kappa shape index (κ1) is 17.6. The number of ether oxygens (including phenoxy) is 2. The summed E-state index contributed by atoms with van der Waals surface area (Å²) in [4.78, 5) is 12.0. The first-order chi connectivity index (χ1) is 12.1. The Morgan fingerprint density at radius 1 is 1.24 bits per heavy atom. The summed E-state index contributed by atoms with van der Waals surface area (Å²) in [5.74, 6) is 0. The fraction of sp³-hybridized carbons (Fsp3) is 0.389. The summed E-state index contributed by atoms with van der Waals surface area (Å²) in [7, 11) is 0. The van der Waals surface area contributed by atoms with E-state index in [2.05, 4.69) is 11.2 Å². The third-order valence-corrected chi connectivity index (χ3v) is 4.44. The average molecular weight is 360 g/mol. The molecule has 2 aromatic rings. The van der Waals surface area contributed by atoms with Gasteiger partial charge < -0.3 is 9.47 Å². The molecule has 0 spiro atoms. The maximum atomic E-state index is 12.0. The molecule has 3 rings (SSSR count). The summed E-state index contributed by atoms with van der Waals surface area (Å²) in [6, 6.07) is 12.6. The van der Waals surface area contributed by atoms with Gasteiger partial charge in [-0.1, -0.05) is 23.7 Å². The molecule has 1 aliphatic heterocycles. The molecule has 0 aliphatic carbocycles. The second-order valence-electron chi connectivity index (χ2n) is 5.85. The van der Waals surface area contributed by atoms with Crippen LogP contribution in [0.2, 0.25) is 5.02 Å². The quantitative estimate of drug-likeness (QED) is 0.820. The van der Waals surface area contributed by atoms with Crippen LogP contribution in [0.3, 0.4) is 0 Å². The predicted octanol–water partition coefficient (Wildman–Crippen LogP) is 2.65. The lowest BCUT2D eigenvalue weighted by atomic mass is 9.96. The van der Waals surface area contributed by atoms with Crippen LogP contribution in [0, 0.1) is 11.3 Å². The second-order valence-corrected chi connectivity index (χ2v) is 6.29. The van der Waals surface area contributed by atoms with Crippen LogP contribution in [-0.2, 0) is 16.0 Å². The third-order valence-electron chi connectivity index (χ3n) is 4.19. The van der Waals surface area contributed by atoms with Crippen molar-refractivity contribution < 1.29 is 9.47 Å². The number of hydrogen-bond donors (Lipinski definition) is 0. The van der Waals surface area contributed by atoms with Crippen molar-refractivity contribution in [1.82, 2.24) is 9.78 Å². The Morgan fingerprint density at radius 2 is 1.96 bits per heavy atom.